The molecule has 1 fully saturated rings. The lowest BCUT2D eigenvalue weighted by Crippen LogP contribution is -2.30. The van der Waals surface area contributed by atoms with Crippen molar-refractivity contribution in [1.29, 1.82) is 0 Å². The number of ether oxygens (including phenoxy) is 1. The fraction of sp³-hybridized carbons (Fsp3) is 0.667. The van der Waals surface area contributed by atoms with Gasteiger partial charge in [-0.05, 0) is 41.1 Å². The molecule has 90 valence electrons. The van der Waals surface area contributed by atoms with Gasteiger partial charge in [0.25, 0.3) is 0 Å². The molecule has 1 heterocycles. The maximum absolute atomic E-state index is 9.63. The van der Waals surface area contributed by atoms with Crippen LogP contribution in [-0.4, -0.2) is 31.0 Å². The van der Waals surface area contributed by atoms with Gasteiger partial charge in [-0.1, -0.05) is 0 Å². The smallest absolute Gasteiger partial charge is 0.0897 e. The number of hydrogen-bond donors (Lipinski definition) is 2. The molecular weight excluding hydrogens is 222 g/mol. The van der Waals surface area contributed by atoms with Crippen molar-refractivity contribution in [1.82, 2.24) is 5.32 Å². The Morgan fingerprint density at radius 3 is 3.12 bits per heavy atom. The number of thiophene rings is 1. The first-order chi connectivity index (χ1) is 7.84. The van der Waals surface area contributed by atoms with Gasteiger partial charge in [0.2, 0.25) is 0 Å². The SMILES string of the molecule is OC(CNCc1ccsc1)COCC1CC1. The van der Waals surface area contributed by atoms with Crippen molar-refractivity contribution in [2.75, 3.05) is 19.8 Å². The third-order valence-corrected chi connectivity index (χ3v) is 3.38. The lowest BCUT2D eigenvalue weighted by atomic mass is 10.3. The molecule has 0 spiro atoms. The van der Waals surface area contributed by atoms with Crippen molar-refractivity contribution in [3.8, 4) is 0 Å². The van der Waals surface area contributed by atoms with E-state index in [0.717, 1.165) is 19.1 Å². The minimum absolute atomic E-state index is 0.391. The van der Waals surface area contributed by atoms with E-state index in [1.54, 1.807) is 11.3 Å². The highest BCUT2D eigenvalue weighted by atomic mass is 32.1. The summed E-state index contributed by atoms with van der Waals surface area (Å²) in [6, 6.07) is 2.09. The zero-order valence-electron chi connectivity index (χ0n) is 9.39. The van der Waals surface area contributed by atoms with Crippen LogP contribution in [0.3, 0.4) is 0 Å². The molecule has 1 aromatic rings. The monoisotopic (exact) mass is 241 g/mol. The first kappa shape index (κ1) is 12.0. The number of rotatable bonds is 8. The quantitative estimate of drug-likeness (QED) is 0.727. The van der Waals surface area contributed by atoms with E-state index in [4.69, 9.17) is 4.74 Å². The Balaban J connectivity index is 1.48. The van der Waals surface area contributed by atoms with Gasteiger partial charge in [0.1, 0.15) is 0 Å². The molecule has 4 heteroatoms. The molecule has 0 saturated heterocycles. The van der Waals surface area contributed by atoms with E-state index >= 15 is 0 Å². The van der Waals surface area contributed by atoms with Crippen molar-refractivity contribution < 1.29 is 9.84 Å². The van der Waals surface area contributed by atoms with Crippen LogP contribution in [0.2, 0.25) is 0 Å². The molecule has 1 aromatic heterocycles. The van der Waals surface area contributed by atoms with Gasteiger partial charge < -0.3 is 15.2 Å². The Hall–Kier alpha value is -0.420. The second-order valence-electron chi connectivity index (χ2n) is 4.40. The molecule has 1 aliphatic rings. The Morgan fingerprint density at radius 1 is 1.56 bits per heavy atom. The molecule has 1 unspecified atom stereocenters. The molecule has 16 heavy (non-hydrogen) atoms. The highest BCUT2D eigenvalue weighted by Gasteiger charge is 2.21. The third kappa shape index (κ3) is 4.61. The summed E-state index contributed by atoms with van der Waals surface area (Å²) in [5, 5.41) is 17.0. The van der Waals surface area contributed by atoms with E-state index in [0.29, 0.717) is 13.2 Å². The van der Waals surface area contributed by atoms with Gasteiger partial charge >= 0.3 is 0 Å². The zero-order chi connectivity index (χ0) is 11.2. The maximum Gasteiger partial charge on any atom is 0.0897 e. The van der Waals surface area contributed by atoms with E-state index in [-0.39, 0.29) is 0 Å². The number of hydrogen-bond acceptors (Lipinski definition) is 4. The minimum atomic E-state index is -0.391. The number of nitrogens with one attached hydrogen (secondary N) is 1. The molecule has 1 atom stereocenters. The number of aliphatic hydroxyl groups excluding tert-OH is 1. The normalized spacial score (nSPS) is 17.6. The predicted octanol–water partition coefficient (Wildman–Crippen LogP) is 1.63. The lowest BCUT2D eigenvalue weighted by molar-refractivity contribution is 0.0324. The minimum Gasteiger partial charge on any atom is -0.389 e. The van der Waals surface area contributed by atoms with Crippen LogP contribution in [0.5, 0.6) is 0 Å². The molecule has 3 nitrogen and oxygen atoms in total. The van der Waals surface area contributed by atoms with E-state index in [9.17, 15) is 5.11 Å². The molecule has 0 amide bonds. The molecule has 0 aliphatic heterocycles. The molecule has 0 aromatic carbocycles. The van der Waals surface area contributed by atoms with Crippen LogP contribution in [0.25, 0.3) is 0 Å². The van der Waals surface area contributed by atoms with Crippen molar-refractivity contribution in [3.05, 3.63) is 22.4 Å². The molecule has 1 saturated carbocycles. The Morgan fingerprint density at radius 2 is 2.44 bits per heavy atom. The standard InChI is InChI=1S/C12H19NO2S/c14-12(8-15-7-10-1-2-10)6-13-5-11-3-4-16-9-11/h3-4,9-10,12-14H,1-2,5-8H2. The highest BCUT2D eigenvalue weighted by Crippen LogP contribution is 2.28. The Bertz CT molecular complexity index is 285. The molecule has 2 rings (SSSR count). The van der Waals surface area contributed by atoms with Gasteiger partial charge in [0.05, 0.1) is 12.7 Å². The zero-order valence-corrected chi connectivity index (χ0v) is 10.2. The average Bonchev–Trinajstić information content (AvgIpc) is 2.94. The highest BCUT2D eigenvalue weighted by molar-refractivity contribution is 7.07. The van der Waals surface area contributed by atoms with Gasteiger partial charge in [-0.2, -0.15) is 11.3 Å². The second-order valence-corrected chi connectivity index (χ2v) is 5.18. The van der Waals surface area contributed by atoms with Gasteiger partial charge in [-0.25, -0.2) is 0 Å². The summed E-state index contributed by atoms with van der Waals surface area (Å²) in [4.78, 5) is 0. The van der Waals surface area contributed by atoms with Crippen molar-refractivity contribution >= 4 is 11.3 Å². The fourth-order valence-corrected chi connectivity index (χ4v) is 2.16. The summed E-state index contributed by atoms with van der Waals surface area (Å²) in [5.41, 5.74) is 1.27. The molecule has 2 N–H and O–H groups in total. The molecule has 0 radical (unpaired) electrons. The van der Waals surface area contributed by atoms with E-state index < -0.39 is 6.10 Å². The summed E-state index contributed by atoms with van der Waals surface area (Å²) in [6.07, 6.45) is 2.20. The first-order valence-corrected chi connectivity index (χ1v) is 6.76. The summed E-state index contributed by atoms with van der Waals surface area (Å²) < 4.78 is 5.42. The van der Waals surface area contributed by atoms with Crippen LogP contribution in [0.15, 0.2) is 16.8 Å². The topological polar surface area (TPSA) is 41.5 Å². The molecular formula is C12H19NO2S. The summed E-state index contributed by atoms with van der Waals surface area (Å²) in [5.74, 6) is 0.769. The first-order valence-electron chi connectivity index (χ1n) is 5.82. The molecule has 1 aliphatic carbocycles. The summed E-state index contributed by atoms with van der Waals surface area (Å²) in [6.45, 7) is 2.69. The van der Waals surface area contributed by atoms with Crippen LogP contribution in [0.1, 0.15) is 18.4 Å². The van der Waals surface area contributed by atoms with Crippen molar-refractivity contribution in [2.24, 2.45) is 5.92 Å². The predicted molar refractivity (Wildman–Crippen MR) is 65.6 cm³/mol. The fourth-order valence-electron chi connectivity index (χ4n) is 1.49. The van der Waals surface area contributed by atoms with Crippen LogP contribution in [0.4, 0.5) is 0 Å². The van der Waals surface area contributed by atoms with Crippen molar-refractivity contribution in [2.45, 2.75) is 25.5 Å². The van der Waals surface area contributed by atoms with Crippen LogP contribution < -0.4 is 5.32 Å². The maximum atomic E-state index is 9.63. The lowest BCUT2D eigenvalue weighted by Gasteiger charge is -2.11. The third-order valence-electron chi connectivity index (χ3n) is 2.65. The average molecular weight is 241 g/mol. The van der Waals surface area contributed by atoms with E-state index in [1.807, 2.05) is 0 Å². The van der Waals surface area contributed by atoms with Gasteiger partial charge in [0.15, 0.2) is 0 Å². The Labute approximate surface area is 100 Å². The van der Waals surface area contributed by atoms with Crippen molar-refractivity contribution in [3.63, 3.8) is 0 Å². The van der Waals surface area contributed by atoms with Gasteiger partial charge in [0, 0.05) is 19.7 Å². The second kappa shape index (κ2) is 6.35. The van der Waals surface area contributed by atoms with Gasteiger partial charge in [-0.15, -0.1) is 0 Å². The van der Waals surface area contributed by atoms with Gasteiger partial charge in [-0.3, -0.25) is 0 Å². The van der Waals surface area contributed by atoms with Crippen LogP contribution in [-0.2, 0) is 11.3 Å². The largest absolute Gasteiger partial charge is 0.389 e. The molecule has 0 bridgehead atoms. The Kier molecular flexibility index (Phi) is 4.78. The summed E-state index contributed by atoms with van der Waals surface area (Å²) >= 11 is 1.70. The summed E-state index contributed by atoms with van der Waals surface area (Å²) in [7, 11) is 0. The van der Waals surface area contributed by atoms with E-state index in [1.165, 1.54) is 18.4 Å². The van der Waals surface area contributed by atoms with E-state index in [2.05, 4.69) is 22.1 Å². The van der Waals surface area contributed by atoms with Crippen LogP contribution >= 0.6 is 11.3 Å². The number of aliphatic hydroxyl groups is 1. The van der Waals surface area contributed by atoms with Crippen LogP contribution in [0, 0.1) is 5.92 Å².